The monoisotopic (exact) mass is 321 g/mol. The standard InChI is InChI=1S/C19H19N3O2/c1-13(2)14-6-8-15(9-7-14)24-19-16(5-4-10-21-19)17-11-20-12-22-18(17)23-3/h4-13H,1-3H3. The van der Waals surface area contributed by atoms with Gasteiger partial charge in [0.05, 0.1) is 18.2 Å². The Morgan fingerprint density at radius 1 is 0.917 bits per heavy atom. The summed E-state index contributed by atoms with van der Waals surface area (Å²) in [5, 5.41) is 0. The second kappa shape index (κ2) is 7.08. The van der Waals surface area contributed by atoms with Crippen LogP contribution in [0.2, 0.25) is 0 Å². The topological polar surface area (TPSA) is 57.1 Å². The van der Waals surface area contributed by atoms with Crippen LogP contribution in [0.25, 0.3) is 11.1 Å². The first-order chi connectivity index (χ1) is 11.7. The molecule has 5 heteroatoms. The van der Waals surface area contributed by atoms with E-state index in [0.29, 0.717) is 17.7 Å². The molecule has 0 fully saturated rings. The summed E-state index contributed by atoms with van der Waals surface area (Å²) in [6, 6.07) is 11.8. The molecule has 0 aliphatic carbocycles. The third-order valence-electron chi connectivity index (χ3n) is 3.69. The van der Waals surface area contributed by atoms with Gasteiger partial charge in [-0.3, -0.25) is 0 Å². The average Bonchev–Trinajstić information content (AvgIpc) is 2.62. The van der Waals surface area contributed by atoms with Gasteiger partial charge in [-0.25, -0.2) is 15.0 Å². The quantitative estimate of drug-likeness (QED) is 0.694. The summed E-state index contributed by atoms with van der Waals surface area (Å²) in [7, 11) is 1.58. The van der Waals surface area contributed by atoms with Crippen molar-refractivity contribution in [1.82, 2.24) is 15.0 Å². The second-order valence-corrected chi connectivity index (χ2v) is 5.63. The van der Waals surface area contributed by atoms with Gasteiger partial charge in [0, 0.05) is 12.4 Å². The normalized spacial score (nSPS) is 10.7. The zero-order valence-electron chi connectivity index (χ0n) is 13.9. The van der Waals surface area contributed by atoms with Gasteiger partial charge >= 0.3 is 0 Å². The number of benzene rings is 1. The highest BCUT2D eigenvalue weighted by molar-refractivity contribution is 5.72. The Morgan fingerprint density at radius 3 is 2.42 bits per heavy atom. The highest BCUT2D eigenvalue weighted by atomic mass is 16.5. The third-order valence-corrected chi connectivity index (χ3v) is 3.69. The SMILES string of the molecule is COc1ncncc1-c1cccnc1Oc1ccc(C(C)C)cc1. The molecule has 24 heavy (non-hydrogen) atoms. The second-order valence-electron chi connectivity index (χ2n) is 5.63. The van der Waals surface area contributed by atoms with Gasteiger partial charge < -0.3 is 9.47 Å². The number of rotatable bonds is 5. The lowest BCUT2D eigenvalue weighted by atomic mass is 10.0. The van der Waals surface area contributed by atoms with Crippen LogP contribution in [0.3, 0.4) is 0 Å². The summed E-state index contributed by atoms with van der Waals surface area (Å²) >= 11 is 0. The van der Waals surface area contributed by atoms with Crippen molar-refractivity contribution in [2.75, 3.05) is 7.11 Å². The fraction of sp³-hybridized carbons (Fsp3) is 0.211. The highest BCUT2D eigenvalue weighted by Crippen LogP contribution is 2.35. The van der Waals surface area contributed by atoms with Crippen LogP contribution in [0, 0.1) is 0 Å². The molecule has 0 radical (unpaired) electrons. The molecule has 0 aliphatic rings. The Labute approximate surface area is 141 Å². The van der Waals surface area contributed by atoms with Crippen LogP contribution < -0.4 is 9.47 Å². The summed E-state index contributed by atoms with van der Waals surface area (Å²) in [5.74, 6) is 2.19. The molecule has 3 rings (SSSR count). The van der Waals surface area contributed by atoms with Crippen molar-refractivity contribution < 1.29 is 9.47 Å². The molecule has 0 bridgehead atoms. The summed E-state index contributed by atoms with van der Waals surface area (Å²) in [6.07, 6.45) is 4.83. The zero-order valence-corrected chi connectivity index (χ0v) is 13.9. The van der Waals surface area contributed by atoms with Gasteiger partial charge in [-0.05, 0) is 35.7 Å². The maximum atomic E-state index is 5.98. The molecule has 0 saturated heterocycles. The average molecular weight is 321 g/mol. The number of pyridine rings is 1. The molecule has 3 aromatic rings. The summed E-state index contributed by atoms with van der Waals surface area (Å²) in [4.78, 5) is 12.6. The molecule has 0 spiro atoms. The van der Waals surface area contributed by atoms with Crippen LogP contribution in [-0.4, -0.2) is 22.1 Å². The van der Waals surface area contributed by atoms with Crippen LogP contribution in [-0.2, 0) is 0 Å². The maximum absolute atomic E-state index is 5.98. The molecule has 2 aromatic heterocycles. The van der Waals surface area contributed by atoms with Gasteiger partial charge in [-0.1, -0.05) is 26.0 Å². The number of nitrogens with zero attached hydrogens (tertiary/aromatic N) is 3. The molecule has 2 heterocycles. The fourth-order valence-corrected chi connectivity index (χ4v) is 2.38. The van der Waals surface area contributed by atoms with Crippen molar-refractivity contribution in [2.45, 2.75) is 19.8 Å². The minimum Gasteiger partial charge on any atom is -0.480 e. The third kappa shape index (κ3) is 3.35. The molecular weight excluding hydrogens is 302 g/mol. The first kappa shape index (κ1) is 15.9. The zero-order chi connectivity index (χ0) is 16.9. The number of hydrogen-bond donors (Lipinski definition) is 0. The van der Waals surface area contributed by atoms with Crippen molar-refractivity contribution in [3.63, 3.8) is 0 Å². The Bertz CT molecular complexity index is 817. The van der Waals surface area contributed by atoms with E-state index in [1.807, 2.05) is 24.3 Å². The van der Waals surface area contributed by atoms with E-state index >= 15 is 0 Å². The maximum Gasteiger partial charge on any atom is 0.227 e. The lowest BCUT2D eigenvalue weighted by Gasteiger charge is -2.12. The molecule has 0 saturated carbocycles. The largest absolute Gasteiger partial charge is 0.480 e. The van der Waals surface area contributed by atoms with E-state index in [1.165, 1.54) is 11.9 Å². The van der Waals surface area contributed by atoms with Crippen LogP contribution in [0.1, 0.15) is 25.3 Å². The van der Waals surface area contributed by atoms with E-state index in [-0.39, 0.29) is 0 Å². The molecule has 0 N–H and O–H groups in total. The van der Waals surface area contributed by atoms with Crippen molar-refractivity contribution in [1.29, 1.82) is 0 Å². The molecule has 0 unspecified atom stereocenters. The first-order valence-corrected chi connectivity index (χ1v) is 7.76. The number of hydrogen-bond acceptors (Lipinski definition) is 5. The van der Waals surface area contributed by atoms with Gasteiger partial charge in [0.2, 0.25) is 11.8 Å². The van der Waals surface area contributed by atoms with Gasteiger partial charge in [0.25, 0.3) is 0 Å². The van der Waals surface area contributed by atoms with E-state index < -0.39 is 0 Å². The predicted octanol–water partition coefficient (Wildman–Crippen LogP) is 4.46. The number of aromatic nitrogens is 3. The lowest BCUT2D eigenvalue weighted by Crippen LogP contribution is -1.96. The van der Waals surface area contributed by atoms with Crippen molar-refractivity contribution in [3.8, 4) is 28.6 Å². The van der Waals surface area contributed by atoms with E-state index in [4.69, 9.17) is 9.47 Å². The van der Waals surface area contributed by atoms with E-state index in [1.54, 1.807) is 19.5 Å². The molecule has 122 valence electrons. The summed E-state index contributed by atoms with van der Waals surface area (Å²) < 4.78 is 11.3. The predicted molar refractivity (Wildman–Crippen MR) is 92.4 cm³/mol. The van der Waals surface area contributed by atoms with E-state index in [2.05, 4.69) is 40.9 Å². The van der Waals surface area contributed by atoms with Crippen LogP contribution in [0.15, 0.2) is 55.1 Å². The molecule has 1 aromatic carbocycles. The Hall–Kier alpha value is -2.95. The minimum atomic E-state index is 0.482. The van der Waals surface area contributed by atoms with Gasteiger partial charge in [-0.15, -0.1) is 0 Å². The fourth-order valence-electron chi connectivity index (χ4n) is 2.38. The highest BCUT2D eigenvalue weighted by Gasteiger charge is 2.14. The van der Waals surface area contributed by atoms with Gasteiger partial charge in [-0.2, -0.15) is 0 Å². The minimum absolute atomic E-state index is 0.482. The molecular formula is C19H19N3O2. The molecule has 5 nitrogen and oxygen atoms in total. The Morgan fingerprint density at radius 2 is 1.71 bits per heavy atom. The van der Waals surface area contributed by atoms with Crippen LogP contribution in [0.4, 0.5) is 0 Å². The van der Waals surface area contributed by atoms with Crippen LogP contribution in [0.5, 0.6) is 17.5 Å². The van der Waals surface area contributed by atoms with Crippen molar-refractivity contribution >= 4 is 0 Å². The van der Waals surface area contributed by atoms with E-state index in [0.717, 1.165) is 16.9 Å². The number of ether oxygens (including phenoxy) is 2. The molecule has 0 atom stereocenters. The lowest BCUT2D eigenvalue weighted by molar-refractivity contribution is 0.398. The van der Waals surface area contributed by atoms with Gasteiger partial charge in [0.1, 0.15) is 12.1 Å². The molecule has 0 aliphatic heterocycles. The first-order valence-electron chi connectivity index (χ1n) is 7.76. The summed E-state index contributed by atoms with van der Waals surface area (Å²) in [6.45, 7) is 4.32. The van der Waals surface area contributed by atoms with Crippen molar-refractivity contribution in [3.05, 3.63) is 60.7 Å². The number of methoxy groups -OCH3 is 1. The van der Waals surface area contributed by atoms with E-state index in [9.17, 15) is 0 Å². The van der Waals surface area contributed by atoms with Crippen molar-refractivity contribution in [2.24, 2.45) is 0 Å². The smallest absolute Gasteiger partial charge is 0.227 e. The Balaban J connectivity index is 1.95. The van der Waals surface area contributed by atoms with Crippen LogP contribution >= 0.6 is 0 Å². The molecule has 0 amide bonds. The Kier molecular flexibility index (Phi) is 4.70. The van der Waals surface area contributed by atoms with Gasteiger partial charge in [0.15, 0.2) is 0 Å². The summed E-state index contributed by atoms with van der Waals surface area (Å²) in [5.41, 5.74) is 2.78.